The summed E-state index contributed by atoms with van der Waals surface area (Å²) >= 11 is 1.86. The fraction of sp³-hybridized carbons (Fsp3) is 0.353. The van der Waals surface area contributed by atoms with Crippen LogP contribution in [0.5, 0.6) is 5.75 Å². The molecule has 1 aliphatic heterocycles. The number of hydrogen-bond donors (Lipinski definition) is 0. The zero-order valence-electron chi connectivity index (χ0n) is 12.3. The minimum Gasteiger partial charge on any atom is -0.495 e. The molecule has 0 amide bonds. The van der Waals surface area contributed by atoms with Crippen LogP contribution in [0.2, 0.25) is 0 Å². The normalized spacial score (nSPS) is 18.0. The third-order valence-corrected chi connectivity index (χ3v) is 5.17. The van der Waals surface area contributed by atoms with Gasteiger partial charge in [-0.05, 0) is 48.1 Å². The van der Waals surface area contributed by atoms with Crippen LogP contribution in [0.1, 0.15) is 34.5 Å². The summed E-state index contributed by atoms with van der Waals surface area (Å²) in [6.45, 7) is 4.21. The summed E-state index contributed by atoms with van der Waals surface area (Å²) in [6.07, 6.45) is 1.12. The number of thiophene rings is 1. The predicted octanol–water partition coefficient (Wildman–Crippen LogP) is 3.75. The predicted molar refractivity (Wildman–Crippen MR) is 84.6 cm³/mol. The topological polar surface area (TPSA) is 36.3 Å². The lowest BCUT2D eigenvalue weighted by molar-refractivity contribution is 0.191. The second-order valence-corrected chi connectivity index (χ2v) is 6.34. The molecule has 0 saturated carbocycles. The molecular weight excluding hydrogens is 280 g/mol. The van der Waals surface area contributed by atoms with Gasteiger partial charge in [0.05, 0.1) is 12.7 Å². The van der Waals surface area contributed by atoms with Crippen molar-refractivity contribution in [3.8, 4) is 11.8 Å². The summed E-state index contributed by atoms with van der Waals surface area (Å²) in [4.78, 5) is 3.99. The molecule has 0 saturated heterocycles. The third kappa shape index (κ3) is 2.67. The van der Waals surface area contributed by atoms with Crippen LogP contribution in [0.4, 0.5) is 0 Å². The van der Waals surface area contributed by atoms with E-state index in [1.807, 2.05) is 23.5 Å². The summed E-state index contributed by atoms with van der Waals surface area (Å²) in [5.74, 6) is 0.646. The van der Waals surface area contributed by atoms with E-state index in [9.17, 15) is 5.26 Å². The van der Waals surface area contributed by atoms with Crippen molar-refractivity contribution in [1.82, 2.24) is 4.90 Å². The van der Waals surface area contributed by atoms with Gasteiger partial charge in [-0.25, -0.2) is 0 Å². The van der Waals surface area contributed by atoms with Crippen LogP contribution >= 0.6 is 11.3 Å². The number of ether oxygens (including phenoxy) is 1. The maximum Gasteiger partial charge on any atom is 0.136 e. The highest BCUT2D eigenvalue weighted by Gasteiger charge is 2.24. The molecule has 1 aromatic heterocycles. The Labute approximate surface area is 129 Å². The molecule has 1 aliphatic rings. The second-order valence-electron chi connectivity index (χ2n) is 5.34. The molecule has 0 N–H and O–H groups in total. The van der Waals surface area contributed by atoms with Crippen molar-refractivity contribution in [2.24, 2.45) is 0 Å². The number of nitriles is 1. The van der Waals surface area contributed by atoms with Crippen LogP contribution in [-0.2, 0) is 13.0 Å². The van der Waals surface area contributed by atoms with Crippen LogP contribution < -0.4 is 4.74 Å². The van der Waals surface area contributed by atoms with Gasteiger partial charge in [-0.3, -0.25) is 4.90 Å². The number of benzene rings is 1. The van der Waals surface area contributed by atoms with Gasteiger partial charge in [0.2, 0.25) is 0 Å². The Morgan fingerprint density at radius 2 is 2.29 bits per heavy atom. The van der Waals surface area contributed by atoms with Gasteiger partial charge < -0.3 is 4.74 Å². The molecule has 21 heavy (non-hydrogen) atoms. The first-order valence-electron chi connectivity index (χ1n) is 7.10. The van der Waals surface area contributed by atoms with E-state index in [0.29, 0.717) is 17.4 Å². The molecule has 0 bridgehead atoms. The zero-order valence-corrected chi connectivity index (χ0v) is 13.1. The number of hydrogen-bond acceptors (Lipinski definition) is 4. The molecule has 0 aliphatic carbocycles. The molecule has 0 fully saturated rings. The molecule has 108 valence electrons. The Kier molecular flexibility index (Phi) is 3.96. The van der Waals surface area contributed by atoms with Crippen molar-refractivity contribution in [2.75, 3.05) is 13.7 Å². The maximum atomic E-state index is 9.19. The Bertz CT molecular complexity index is 686. The first-order chi connectivity index (χ1) is 10.2. The van der Waals surface area contributed by atoms with Crippen molar-refractivity contribution in [3.63, 3.8) is 0 Å². The van der Waals surface area contributed by atoms with E-state index in [1.54, 1.807) is 7.11 Å². The first kappa shape index (κ1) is 14.1. The lowest BCUT2D eigenvalue weighted by atomic mass is 10.0. The quantitative estimate of drug-likeness (QED) is 0.866. The van der Waals surface area contributed by atoms with Gasteiger partial charge in [0.1, 0.15) is 11.8 Å². The number of methoxy groups -OCH3 is 1. The highest BCUT2D eigenvalue weighted by molar-refractivity contribution is 7.10. The SMILES string of the molecule is COc1ccc(CN2CCc3sccc3C2C)cc1C#N. The third-order valence-electron chi connectivity index (χ3n) is 4.17. The molecule has 3 rings (SSSR count). The van der Waals surface area contributed by atoms with Crippen molar-refractivity contribution < 1.29 is 4.74 Å². The van der Waals surface area contributed by atoms with Crippen molar-refractivity contribution >= 4 is 11.3 Å². The van der Waals surface area contributed by atoms with Crippen molar-refractivity contribution in [1.29, 1.82) is 5.26 Å². The minimum absolute atomic E-state index is 0.438. The number of fused-ring (bicyclic) bond motifs is 1. The van der Waals surface area contributed by atoms with E-state index >= 15 is 0 Å². The summed E-state index contributed by atoms with van der Waals surface area (Å²) in [7, 11) is 1.60. The second kappa shape index (κ2) is 5.88. The van der Waals surface area contributed by atoms with Gasteiger partial charge in [0, 0.05) is 24.0 Å². The van der Waals surface area contributed by atoms with E-state index < -0.39 is 0 Å². The molecule has 1 aromatic carbocycles. The van der Waals surface area contributed by atoms with Gasteiger partial charge in [-0.15, -0.1) is 11.3 Å². The van der Waals surface area contributed by atoms with Gasteiger partial charge >= 0.3 is 0 Å². The minimum atomic E-state index is 0.438. The van der Waals surface area contributed by atoms with E-state index in [2.05, 4.69) is 35.4 Å². The van der Waals surface area contributed by atoms with Crippen LogP contribution in [0.3, 0.4) is 0 Å². The van der Waals surface area contributed by atoms with Gasteiger partial charge in [-0.2, -0.15) is 5.26 Å². The van der Waals surface area contributed by atoms with Crippen LogP contribution in [0, 0.1) is 11.3 Å². The van der Waals surface area contributed by atoms with Crippen molar-refractivity contribution in [2.45, 2.75) is 25.9 Å². The van der Waals surface area contributed by atoms with E-state index in [1.165, 1.54) is 10.4 Å². The molecular formula is C17H18N2OS. The Morgan fingerprint density at radius 3 is 3.05 bits per heavy atom. The largest absolute Gasteiger partial charge is 0.495 e. The molecule has 3 nitrogen and oxygen atoms in total. The Morgan fingerprint density at radius 1 is 1.43 bits per heavy atom. The van der Waals surface area contributed by atoms with Crippen molar-refractivity contribution in [3.05, 3.63) is 51.2 Å². The molecule has 2 aromatic rings. The molecule has 1 unspecified atom stereocenters. The number of rotatable bonds is 3. The first-order valence-corrected chi connectivity index (χ1v) is 7.98. The summed E-state index contributed by atoms with van der Waals surface area (Å²) in [5.41, 5.74) is 3.23. The van der Waals surface area contributed by atoms with Gasteiger partial charge in [0.25, 0.3) is 0 Å². The number of nitrogens with zero attached hydrogens (tertiary/aromatic N) is 2. The Hall–Kier alpha value is -1.83. The fourth-order valence-corrected chi connectivity index (χ4v) is 3.92. The van der Waals surface area contributed by atoms with E-state index in [0.717, 1.165) is 25.1 Å². The average Bonchev–Trinajstić information content (AvgIpc) is 2.99. The smallest absolute Gasteiger partial charge is 0.136 e. The molecule has 1 atom stereocenters. The molecule has 4 heteroatoms. The lowest BCUT2D eigenvalue weighted by Crippen LogP contribution is -2.32. The lowest BCUT2D eigenvalue weighted by Gasteiger charge is -2.33. The van der Waals surface area contributed by atoms with Crippen LogP contribution in [0.25, 0.3) is 0 Å². The van der Waals surface area contributed by atoms with E-state index in [4.69, 9.17) is 4.74 Å². The van der Waals surface area contributed by atoms with E-state index in [-0.39, 0.29) is 0 Å². The maximum absolute atomic E-state index is 9.19. The van der Waals surface area contributed by atoms with Gasteiger partial charge in [0.15, 0.2) is 0 Å². The monoisotopic (exact) mass is 298 g/mol. The zero-order chi connectivity index (χ0) is 14.8. The molecule has 2 heterocycles. The average molecular weight is 298 g/mol. The van der Waals surface area contributed by atoms with Crippen LogP contribution in [0.15, 0.2) is 29.6 Å². The highest BCUT2D eigenvalue weighted by atomic mass is 32.1. The fourth-order valence-electron chi connectivity index (χ4n) is 2.95. The molecule has 0 radical (unpaired) electrons. The summed E-state index contributed by atoms with van der Waals surface area (Å²) in [6, 6.07) is 10.8. The molecule has 0 spiro atoms. The Balaban J connectivity index is 1.80. The standard InChI is InChI=1S/C17H18N2OS/c1-12-15-6-8-21-17(15)5-7-19(12)11-13-3-4-16(20-2)14(9-13)10-18/h3-4,6,8-9,12H,5,7,11H2,1-2H3. The van der Waals surface area contributed by atoms with Gasteiger partial charge in [-0.1, -0.05) is 6.07 Å². The summed E-state index contributed by atoms with van der Waals surface area (Å²) < 4.78 is 5.20. The van der Waals surface area contributed by atoms with Crippen LogP contribution in [-0.4, -0.2) is 18.6 Å². The summed E-state index contributed by atoms with van der Waals surface area (Å²) in [5, 5.41) is 11.4. The highest BCUT2D eigenvalue weighted by Crippen LogP contribution is 2.34.